The number of anilines is 1. The summed E-state index contributed by atoms with van der Waals surface area (Å²) in [5, 5.41) is 4.00. The standard InChI is InChI=1S/C16H14F3N5O2S/c1-9-6-12(16(17,18)19)24-14(20-8-21-24)23(9)13(25)7-27-15-22-10-4-2-3-5-11(10)26-15/h2-5,8-9,12H,6-7H2,1H3. The minimum absolute atomic E-state index is 0.0410. The lowest BCUT2D eigenvalue weighted by Gasteiger charge is -2.37. The van der Waals surface area contributed by atoms with Gasteiger partial charge in [0, 0.05) is 6.04 Å². The number of halogens is 3. The van der Waals surface area contributed by atoms with Crippen molar-refractivity contribution in [3.63, 3.8) is 0 Å². The minimum Gasteiger partial charge on any atom is -0.431 e. The van der Waals surface area contributed by atoms with Gasteiger partial charge in [0.25, 0.3) is 5.22 Å². The molecule has 0 spiro atoms. The van der Waals surface area contributed by atoms with Gasteiger partial charge in [-0.2, -0.15) is 23.3 Å². The second kappa shape index (κ2) is 6.55. The van der Waals surface area contributed by atoms with Gasteiger partial charge in [-0.1, -0.05) is 23.9 Å². The first-order valence-corrected chi connectivity index (χ1v) is 9.10. The van der Waals surface area contributed by atoms with Crippen molar-refractivity contribution in [2.75, 3.05) is 10.7 Å². The van der Waals surface area contributed by atoms with E-state index >= 15 is 0 Å². The van der Waals surface area contributed by atoms with Crippen molar-refractivity contribution in [1.82, 2.24) is 19.7 Å². The summed E-state index contributed by atoms with van der Waals surface area (Å²) in [6.45, 7) is 1.57. The third kappa shape index (κ3) is 3.27. The lowest BCUT2D eigenvalue weighted by Crippen LogP contribution is -2.49. The molecule has 0 saturated carbocycles. The van der Waals surface area contributed by atoms with Gasteiger partial charge in [-0.3, -0.25) is 9.69 Å². The van der Waals surface area contributed by atoms with Crippen molar-refractivity contribution in [3.8, 4) is 0 Å². The predicted molar refractivity (Wildman–Crippen MR) is 91.4 cm³/mol. The smallest absolute Gasteiger partial charge is 0.411 e. The molecule has 0 bridgehead atoms. The van der Waals surface area contributed by atoms with Crippen LogP contribution in [-0.4, -0.2) is 43.6 Å². The van der Waals surface area contributed by atoms with Crippen molar-refractivity contribution in [2.24, 2.45) is 0 Å². The Hall–Kier alpha value is -2.56. The highest BCUT2D eigenvalue weighted by Crippen LogP contribution is 2.40. The number of hydrogen-bond donors (Lipinski definition) is 0. The van der Waals surface area contributed by atoms with Gasteiger partial charge < -0.3 is 4.42 Å². The fourth-order valence-corrected chi connectivity index (χ4v) is 3.79. The number of benzene rings is 1. The van der Waals surface area contributed by atoms with Crippen molar-refractivity contribution in [2.45, 2.75) is 36.8 Å². The molecule has 1 aliphatic heterocycles. The molecule has 2 aromatic heterocycles. The van der Waals surface area contributed by atoms with Crippen molar-refractivity contribution in [3.05, 3.63) is 30.6 Å². The molecule has 4 rings (SSSR count). The molecule has 2 atom stereocenters. The van der Waals surface area contributed by atoms with Crippen molar-refractivity contribution >= 4 is 34.7 Å². The third-order valence-corrected chi connectivity index (χ3v) is 5.12. The number of fused-ring (bicyclic) bond motifs is 2. The highest BCUT2D eigenvalue weighted by atomic mass is 32.2. The predicted octanol–water partition coefficient (Wildman–Crippen LogP) is 3.44. The zero-order chi connectivity index (χ0) is 19.2. The van der Waals surface area contributed by atoms with Gasteiger partial charge in [0.05, 0.1) is 5.75 Å². The number of rotatable bonds is 3. The van der Waals surface area contributed by atoms with Crippen LogP contribution in [0.3, 0.4) is 0 Å². The van der Waals surface area contributed by atoms with Gasteiger partial charge in [-0.25, -0.2) is 9.67 Å². The van der Waals surface area contributed by atoms with Gasteiger partial charge in [0.2, 0.25) is 11.9 Å². The summed E-state index contributed by atoms with van der Waals surface area (Å²) in [5.74, 6) is -0.523. The molecule has 0 aliphatic carbocycles. The first-order valence-electron chi connectivity index (χ1n) is 8.11. The topological polar surface area (TPSA) is 77.1 Å². The Kier molecular flexibility index (Phi) is 4.33. The molecule has 1 amide bonds. The van der Waals surface area contributed by atoms with E-state index < -0.39 is 18.3 Å². The van der Waals surface area contributed by atoms with Gasteiger partial charge in [-0.05, 0) is 25.5 Å². The van der Waals surface area contributed by atoms with Crippen LogP contribution in [0.5, 0.6) is 0 Å². The largest absolute Gasteiger partial charge is 0.431 e. The van der Waals surface area contributed by atoms with Crippen LogP contribution in [0.25, 0.3) is 11.1 Å². The molecule has 142 valence electrons. The molecule has 27 heavy (non-hydrogen) atoms. The van der Waals surface area contributed by atoms with Crippen LogP contribution in [0.15, 0.2) is 40.2 Å². The maximum Gasteiger partial charge on any atom is 0.411 e. The van der Waals surface area contributed by atoms with E-state index in [9.17, 15) is 18.0 Å². The summed E-state index contributed by atoms with van der Waals surface area (Å²) >= 11 is 1.08. The molecule has 0 radical (unpaired) electrons. The number of aromatic nitrogens is 4. The molecular weight excluding hydrogens is 383 g/mol. The number of thioether (sulfide) groups is 1. The van der Waals surface area contributed by atoms with E-state index in [0.717, 1.165) is 22.8 Å². The second-order valence-electron chi connectivity index (χ2n) is 6.15. The summed E-state index contributed by atoms with van der Waals surface area (Å²) in [7, 11) is 0. The summed E-state index contributed by atoms with van der Waals surface area (Å²) < 4.78 is 46.1. The van der Waals surface area contributed by atoms with E-state index in [1.165, 1.54) is 4.90 Å². The summed E-state index contributed by atoms with van der Waals surface area (Å²) in [6, 6.07) is 4.73. The van der Waals surface area contributed by atoms with Crippen molar-refractivity contribution in [1.29, 1.82) is 0 Å². The Morgan fingerprint density at radius 2 is 2.15 bits per heavy atom. The highest BCUT2D eigenvalue weighted by molar-refractivity contribution is 7.99. The van der Waals surface area contributed by atoms with E-state index in [1.807, 2.05) is 12.1 Å². The Balaban J connectivity index is 1.53. The van der Waals surface area contributed by atoms with Crippen LogP contribution in [0.2, 0.25) is 0 Å². The fraction of sp³-hybridized carbons (Fsp3) is 0.375. The Labute approximate surface area is 155 Å². The number of alkyl halides is 3. The SMILES string of the molecule is CC1CC(C(F)(F)F)n2ncnc2N1C(=O)CSc1nc2ccccc2o1. The normalized spacial score (nSPS) is 20.1. The lowest BCUT2D eigenvalue weighted by molar-refractivity contribution is -0.174. The molecule has 1 aromatic carbocycles. The van der Waals surface area contributed by atoms with E-state index in [4.69, 9.17) is 4.42 Å². The Morgan fingerprint density at radius 1 is 1.37 bits per heavy atom. The molecule has 1 aliphatic rings. The van der Waals surface area contributed by atoms with Gasteiger partial charge >= 0.3 is 6.18 Å². The van der Waals surface area contributed by atoms with Crippen LogP contribution >= 0.6 is 11.8 Å². The zero-order valence-corrected chi connectivity index (χ0v) is 14.9. The minimum atomic E-state index is -4.46. The van der Waals surface area contributed by atoms with Gasteiger partial charge in [-0.15, -0.1) is 0 Å². The Bertz CT molecular complexity index is 953. The van der Waals surface area contributed by atoms with E-state index in [0.29, 0.717) is 16.3 Å². The van der Waals surface area contributed by atoms with E-state index in [1.54, 1.807) is 19.1 Å². The number of para-hydroxylation sites is 2. The molecular formula is C16H14F3N5O2S. The molecule has 0 fully saturated rings. The summed E-state index contributed by atoms with van der Waals surface area (Å²) in [4.78, 5) is 22.1. The average Bonchev–Trinajstić information content (AvgIpc) is 3.24. The molecule has 3 aromatic rings. The fourth-order valence-electron chi connectivity index (χ4n) is 3.10. The van der Waals surface area contributed by atoms with E-state index in [2.05, 4.69) is 15.1 Å². The lowest BCUT2D eigenvalue weighted by atomic mass is 10.0. The van der Waals surface area contributed by atoms with Gasteiger partial charge in [0.15, 0.2) is 11.6 Å². The quantitative estimate of drug-likeness (QED) is 0.630. The molecule has 0 N–H and O–H groups in total. The number of carbonyl (C=O) groups is 1. The highest BCUT2D eigenvalue weighted by Gasteiger charge is 2.48. The maximum atomic E-state index is 13.3. The van der Waals surface area contributed by atoms with E-state index in [-0.39, 0.29) is 24.0 Å². The van der Waals surface area contributed by atoms with Crippen LogP contribution < -0.4 is 4.90 Å². The van der Waals surface area contributed by atoms with Crippen LogP contribution in [0.4, 0.5) is 19.1 Å². The molecule has 7 nitrogen and oxygen atoms in total. The summed E-state index contributed by atoms with van der Waals surface area (Å²) in [5.41, 5.74) is 1.28. The second-order valence-corrected chi connectivity index (χ2v) is 7.07. The van der Waals surface area contributed by atoms with Crippen LogP contribution in [0, 0.1) is 0 Å². The van der Waals surface area contributed by atoms with Crippen LogP contribution in [-0.2, 0) is 4.79 Å². The zero-order valence-electron chi connectivity index (χ0n) is 14.1. The molecule has 0 saturated heterocycles. The number of carbonyl (C=O) groups excluding carboxylic acids is 1. The monoisotopic (exact) mass is 397 g/mol. The number of nitrogens with zero attached hydrogens (tertiary/aromatic N) is 5. The van der Waals surface area contributed by atoms with Crippen LogP contribution in [0.1, 0.15) is 19.4 Å². The number of hydrogen-bond acceptors (Lipinski definition) is 6. The summed E-state index contributed by atoms with van der Waals surface area (Å²) in [6.07, 6.45) is -3.71. The Morgan fingerprint density at radius 3 is 2.89 bits per heavy atom. The molecule has 2 unspecified atom stereocenters. The maximum absolute atomic E-state index is 13.3. The first-order chi connectivity index (χ1) is 12.8. The number of amides is 1. The third-order valence-electron chi connectivity index (χ3n) is 4.31. The number of oxazole rings is 1. The van der Waals surface area contributed by atoms with Crippen molar-refractivity contribution < 1.29 is 22.4 Å². The van der Waals surface area contributed by atoms with Gasteiger partial charge in [0.1, 0.15) is 11.8 Å². The molecule has 3 heterocycles. The first kappa shape index (κ1) is 17.8. The molecule has 11 heteroatoms. The average molecular weight is 397 g/mol.